The maximum Gasteiger partial charge on any atom is 0.251 e. The molecule has 30 heavy (non-hydrogen) atoms. The number of nitrogens with one attached hydrogen (secondary N) is 1. The van der Waals surface area contributed by atoms with Gasteiger partial charge in [0, 0.05) is 18.4 Å². The lowest BCUT2D eigenvalue weighted by Crippen LogP contribution is -2.40. The maximum atomic E-state index is 12.9. The summed E-state index contributed by atoms with van der Waals surface area (Å²) in [6.45, 7) is 4.25. The highest BCUT2D eigenvalue weighted by molar-refractivity contribution is 7.90. The van der Waals surface area contributed by atoms with E-state index < -0.39 is 9.84 Å². The van der Waals surface area contributed by atoms with Crippen LogP contribution in [0.4, 0.5) is 0 Å². The smallest absolute Gasteiger partial charge is 0.251 e. The van der Waals surface area contributed by atoms with Crippen LogP contribution in [-0.2, 0) is 9.84 Å². The number of methoxy groups -OCH3 is 1. The molecule has 1 atom stereocenters. The third-order valence-corrected chi connectivity index (χ3v) is 6.78. The minimum atomic E-state index is -3.37. The fourth-order valence-corrected chi connectivity index (χ4v) is 4.52. The standard InChI is InChI=1S/C23H30N2O4S/c1-17-7-12-20(30(3,27)28)15-21(17)23(26)24-16-22(25-13-5-4-6-14-25)18-8-10-19(29-2)11-9-18/h7-12,15,22H,4-6,13-14,16H2,1-3H3,(H,24,26). The van der Waals surface area contributed by atoms with Gasteiger partial charge < -0.3 is 10.1 Å². The van der Waals surface area contributed by atoms with Gasteiger partial charge in [-0.15, -0.1) is 0 Å². The lowest BCUT2D eigenvalue weighted by molar-refractivity contribution is 0.0923. The van der Waals surface area contributed by atoms with Gasteiger partial charge >= 0.3 is 0 Å². The van der Waals surface area contributed by atoms with Crippen LogP contribution in [0.25, 0.3) is 0 Å². The van der Waals surface area contributed by atoms with Gasteiger partial charge in [0.15, 0.2) is 9.84 Å². The van der Waals surface area contributed by atoms with Crippen molar-refractivity contribution in [1.29, 1.82) is 0 Å². The summed E-state index contributed by atoms with van der Waals surface area (Å²) in [6, 6.07) is 12.7. The lowest BCUT2D eigenvalue weighted by Gasteiger charge is -2.35. The Morgan fingerprint density at radius 2 is 1.77 bits per heavy atom. The van der Waals surface area contributed by atoms with Gasteiger partial charge in [0.1, 0.15) is 5.75 Å². The minimum Gasteiger partial charge on any atom is -0.497 e. The largest absolute Gasteiger partial charge is 0.497 e. The van der Waals surface area contributed by atoms with Crippen molar-refractivity contribution in [2.45, 2.75) is 37.1 Å². The maximum absolute atomic E-state index is 12.9. The van der Waals surface area contributed by atoms with E-state index in [0.717, 1.165) is 49.1 Å². The van der Waals surface area contributed by atoms with E-state index in [1.165, 1.54) is 18.6 Å². The molecule has 3 rings (SSSR count). The van der Waals surface area contributed by atoms with Gasteiger partial charge in [0.05, 0.1) is 18.0 Å². The number of rotatable bonds is 7. The molecule has 1 fully saturated rings. The van der Waals surface area contributed by atoms with Crippen molar-refractivity contribution < 1.29 is 17.9 Å². The van der Waals surface area contributed by atoms with E-state index in [1.807, 2.05) is 31.2 Å². The Morgan fingerprint density at radius 1 is 1.10 bits per heavy atom. The quantitative estimate of drug-likeness (QED) is 0.729. The van der Waals surface area contributed by atoms with Crippen molar-refractivity contribution in [2.75, 3.05) is 33.0 Å². The number of hydrogen-bond donors (Lipinski definition) is 1. The summed E-state index contributed by atoms with van der Waals surface area (Å²) in [7, 11) is -1.73. The summed E-state index contributed by atoms with van der Waals surface area (Å²) in [5, 5.41) is 3.04. The van der Waals surface area contributed by atoms with Gasteiger partial charge in [-0.25, -0.2) is 8.42 Å². The first-order valence-corrected chi connectivity index (χ1v) is 12.2. The number of sulfone groups is 1. The van der Waals surface area contributed by atoms with E-state index in [4.69, 9.17) is 4.74 Å². The second-order valence-electron chi connectivity index (χ2n) is 7.84. The minimum absolute atomic E-state index is 0.0542. The number of likely N-dealkylation sites (tertiary alicyclic amines) is 1. The van der Waals surface area contributed by atoms with E-state index in [-0.39, 0.29) is 16.8 Å². The number of piperidine rings is 1. The molecule has 6 nitrogen and oxygen atoms in total. The van der Waals surface area contributed by atoms with E-state index >= 15 is 0 Å². The molecule has 0 radical (unpaired) electrons. The fraction of sp³-hybridized carbons (Fsp3) is 0.435. The highest BCUT2D eigenvalue weighted by Gasteiger charge is 2.24. The number of ether oxygens (including phenoxy) is 1. The molecule has 1 unspecified atom stereocenters. The third-order valence-electron chi connectivity index (χ3n) is 5.67. The van der Waals surface area contributed by atoms with Crippen LogP contribution in [-0.4, -0.2) is 52.2 Å². The molecule has 1 saturated heterocycles. The summed E-state index contributed by atoms with van der Waals surface area (Å²) >= 11 is 0. The Hall–Kier alpha value is -2.38. The molecule has 0 bridgehead atoms. The van der Waals surface area contributed by atoms with Crippen molar-refractivity contribution in [3.05, 3.63) is 59.2 Å². The molecule has 0 spiro atoms. The van der Waals surface area contributed by atoms with Crippen LogP contribution in [0.2, 0.25) is 0 Å². The first kappa shape index (κ1) is 22.3. The number of aryl methyl sites for hydroxylation is 1. The molecule has 0 aromatic heterocycles. The highest BCUT2D eigenvalue weighted by atomic mass is 32.2. The van der Waals surface area contributed by atoms with Crippen molar-refractivity contribution in [2.24, 2.45) is 0 Å². The van der Waals surface area contributed by atoms with Gasteiger partial charge in [-0.1, -0.05) is 24.6 Å². The molecule has 0 aliphatic carbocycles. The van der Waals surface area contributed by atoms with Crippen molar-refractivity contribution >= 4 is 15.7 Å². The molecule has 1 heterocycles. The Morgan fingerprint density at radius 3 is 2.37 bits per heavy atom. The molecule has 0 saturated carbocycles. The Kier molecular flexibility index (Phi) is 7.15. The van der Waals surface area contributed by atoms with Crippen LogP contribution in [0.15, 0.2) is 47.4 Å². The number of benzene rings is 2. The molecule has 1 amide bonds. The molecule has 1 N–H and O–H groups in total. The number of amides is 1. The fourth-order valence-electron chi connectivity index (χ4n) is 3.87. The zero-order valence-corrected chi connectivity index (χ0v) is 18.7. The molecule has 2 aromatic carbocycles. The third kappa shape index (κ3) is 5.40. The van der Waals surface area contributed by atoms with Crippen LogP contribution in [0, 0.1) is 6.92 Å². The van der Waals surface area contributed by atoms with Crippen LogP contribution in [0.5, 0.6) is 5.75 Å². The zero-order chi connectivity index (χ0) is 21.7. The Labute approximate surface area is 179 Å². The molecular weight excluding hydrogens is 400 g/mol. The zero-order valence-electron chi connectivity index (χ0n) is 17.8. The van der Waals surface area contributed by atoms with E-state index in [2.05, 4.69) is 10.2 Å². The lowest BCUT2D eigenvalue weighted by atomic mass is 10.0. The highest BCUT2D eigenvalue weighted by Crippen LogP contribution is 2.26. The van der Waals surface area contributed by atoms with Crippen molar-refractivity contribution in [3.8, 4) is 5.75 Å². The van der Waals surface area contributed by atoms with Crippen LogP contribution in [0.1, 0.15) is 46.8 Å². The molecule has 162 valence electrons. The number of nitrogens with zero attached hydrogens (tertiary/aromatic N) is 1. The van der Waals surface area contributed by atoms with Crippen molar-refractivity contribution in [1.82, 2.24) is 10.2 Å². The summed E-state index contributed by atoms with van der Waals surface area (Å²) in [5.41, 5.74) is 2.27. The first-order valence-electron chi connectivity index (χ1n) is 10.3. The monoisotopic (exact) mass is 430 g/mol. The van der Waals surface area contributed by atoms with Gasteiger partial charge in [0.25, 0.3) is 5.91 Å². The van der Waals surface area contributed by atoms with Crippen LogP contribution < -0.4 is 10.1 Å². The second-order valence-corrected chi connectivity index (χ2v) is 9.86. The number of carbonyl (C=O) groups excluding carboxylic acids is 1. The SMILES string of the molecule is COc1ccc(C(CNC(=O)c2cc(S(C)(=O)=O)ccc2C)N2CCCCC2)cc1. The van der Waals surface area contributed by atoms with Gasteiger partial charge in [-0.2, -0.15) is 0 Å². The number of hydrogen-bond acceptors (Lipinski definition) is 5. The molecule has 2 aromatic rings. The normalized spacial score (nSPS) is 16.1. The Bertz CT molecular complexity index is 981. The van der Waals surface area contributed by atoms with Crippen molar-refractivity contribution in [3.63, 3.8) is 0 Å². The predicted octanol–water partition coefficient (Wildman–Crippen LogP) is 3.36. The molecule has 7 heteroatoms. The summed E-state index contributed by atoms with van der Waals surface area (Å²) in [6.07, 6.45) is 4.68. The predicted molar refractivity (Wildman–Crippen MR) is 118 cm³/mol. The average Bonchev–Trinajstić information content (AvgIpc) is 2.74. The Balaban J connectivity index is 1.80. The van der Waals surface area contributed by atoms with Crippen LogP contribution in [0.3, 0.4) is 0 Å². The van der Waals surface area contributed by atoms with Crippen LogP contribution >= 0.6 is 0 Å². The van der Waals surface area contributed by atoms with Gasteiger partial charge in [-0.05, 0) is 68.2 Å². The van der Waals surface area contributed by atoms with E-state index in [9.17, 15) is 13.2 Å². The average molecular weight is 431 g/mol. The first-order chi connectivity index (χ1) is 14.3. The number of carbonyl (C=O) groups is 1. The van der Waals surface area contributed by atoms with E-state index in [1.54, 1.807) is 13.2 Å². The molecule has 1 aliphatic rings. The topological polar surface area (TPSA) is 75.7 Å². The molecular formula is C23H30N2O4S. The summed E-state index contributed by atoms with van der Waals surface area (Å²) < 4.78 is 29.0. The second kappa shape index (κ2) is 9.62. The van der Waals surface area contributed by atoms with Gasteiger partial charge in [0.2, 0.25) is 0 Å². The van der Waals surface area contributed by atoms with Gasteiger partial charge in [-0.3, -0.25) is 9.69 Å². The molecule has 1 aliphatic heterocycles. The summed E-state index contributed by atoms with van der Waals surface area (Å²) in [5.74, 6) is 0.543. The summed E-state index contributed by atoms with van der Waals surface area (Å²) in [4.78, 5) is 15.5. The van der Waals surface area contributed by atoms with E-state index in [0.29, 0.717) is 12.1 Å².